The van der Waals surface area contributed by atoms with Crippen LogP contribution in [0, 0.1) is 5.92 Å². The number of piperidine rings is 1. The van der Waals surface area contributed by atoms with Gasteiger partial charge in [0.05, 0.1) is 5.92 Å². The quantitative estimate of drug-likeness (QED) is 0.778. The Kier molecular flexibility index (Phi) is 3.59. The average molecular weight is 225 g/mol. The number of carbonyl (C=O) groups is 1. The number of rotatable bonds is 2. The van der Waals surface area contributed by atoms with Crippen molar-refractivity contribution in [1.29, 1.82) is 0 Å². The Balaban J connectivity index is 2.46. The number of carboxylic acid groups (broad SMARTS) is 1. The third-order valence-electron chi connectivity index (χ3n) is 2.90. The van der Waals surface area contributed by atoms with Gasteiger partial charge >= 0.3 is 12.1 Å². The minimum atomic E-state index is -4.14. The van der Waals surface area contributed by atoms with Gasteiger partial charge in [-0.2, -0.15) is 13.2 Å². The van der Waals surface area contributed by atoms with Crippen molar-refractivity contribution in [3.63, 3.8) is 0 Å². The standard InChI is InChI=1S/C9H14F3NO2/c1-6(8(14)15)13-4-2-7(3-5-13)9(10,11)12/h6-7H,2-5H2,1H3,(H,14,15)/t6-/m0/s1. The van der Waals surface area contributed by atoms with Crippen LogP contribution in [-0.2, 0) is 4.79 Å². The van der Waals surface area contributed by atoms with Crippen molar-refractivity contribution >= 4 is 5.97 Å². The number of alkyl halides is 3. The zero-order valence-electron chi connectivity index (χ0n) is 8.42. The average Bonchev–Trinajstić information content (AvgIpc) is 2.15. The molecule has 0 saturated carbocycles. The molecule has 0 unspecified atom stereocenters. The van der Waals surface area contributed by atoms with Crippen LogP contribution in [0.4, 0.5) is 13.2 Å². The van der Waals surface area contributed by atoms with E-state index in [2.05, 4.69) is 0 Å². The van der Waals surface area contributed by atoms with Gasteiger partial charge < -0.3 is 5.11 Å². The second-order valence-electron chi connectivity index (χ2n) is 3.87. The van der Waals surface area contributed by atoms with E-state index in [0.29, 0.717) is 0 Å². The first kappa shape index (κ1) is 12.3. The Morgan fingerprint density at radius 3 is 2.20 bits per heavy atom. The molecule has 1 aliphatic heterocycles. The fourth-order valence-electron chi connectivity index (χ4n) is 1.77. The Morgan fingerprint density at radius 1 is 1.40 bits per heavy atom. The van der Waals surface area contributed by atoms with Crippen molar-refractivity contribution in [3.05, 3.63) is 0 Å². The Morgan fingerprint density at radius 2 is 1.87 bits per heavy atom. The molecule has 6 heteroatoms. The van der Waals surface area contributed by atoms with Gasteiger partial charge in [-0.1, -0.05) is 0 Å². The summed E-state index contributed by atoms with van der Waals surface area (Å²) in [5, 5.41) is 8.70. The smallest absolute Gasteiger partial charge is 0.391 e. The van der Waals surface area contributed by atoms with E-state index in [-0.39, 0.29) is 25.9 Å². The molecule has 1 atom stereocenters. The predicted molar refractivity (Wildman–Crippen MR) is 47.4 cm³/mol. The number of likely N-dealkylation sites (tertiary alicyclic amines) is 1. The summed E-state index contributed by atoms with van der Waals surface area (Å²) in [6.07, 6.45) is -4.14. The molecule has 0 spiro atoms. The van der Waals surface area contributed by atoms with Gasteiger partial charge in [-0.15, -0.1) is 0 Å². The van der Waals surface area contributed by atoms with Crippen LogP contribution < -0.4 is 0 Å². The summed E-state index contributed by atoms with van der Waals surface area (Å²) in [7, 11) is 0. The van der Waals surface area contributed by atoms with E-state index in [1.165, 1.54) is 6.92 Å². The van der Waals surface area contributed by atoms with Gasteiger partial charge in [-0.05, 0) is 32.9 Å². The second kappa shape index (κ2) is 4.38. The first-order valence-corrected chi connectivity index (χ1v) is 4.86. The van der Waals surface area contributed by atoms with E-state index in [4.69, 9.17) is 5.11 Å². The highest BCUT2D eigenvalue weighted by Gasteiger charge is 2.42. The summed E-state index contributed by atoms with van der Waals surface area (Å²) >= 11 is 0. The molecule has 0 aromatic carbocycles. The summed E-state index contributed by atoms with van der Waals surface area (Å²) in [6, 6.07) is -0.695. The minimum Gasteiger partial charge on any atom is -0.480 e. The lowest BCUT2D eigenvalue weighted by Gasteiger charge is -2.34. The molecule has 0 aliphatic carbocycles. The maximum Gasteiger partial charge on any atom is 0.391 e. The van der Waals surface area contributed by atoms with Crippen LogP contribution in [0.5, 0.6) is 0 Å². The van der Waals surface area contributed by atoms with Crippen LogP contribution in [0.2, 0.25) is 0 Å². The monoisotopic (exact) mass is 225 g/mol. The molecule has 3 nitrogen and oxygen atoms in total. The highest BCUT2D eigenvalue weighted by molar-refractivity contribution is 5.72. The topological polar surface area (TPSA) is 40.5 Å². The molecule has 1 N–H and O–H groups in total. The second-order valence-corrected chi connectivity index (χ2v) is 3.87. The fourth-order valence-corrected chi connectivity index (χ4v) is 1.77. The summed E-state index contributed by atoms with van der Waals surface area (Å²) < 4.78 is 36.9. The zero-order chi connectivity index (χ0) is 11.6. The van der Waals surface area contributed by atoms with Crippen LogP contribution in [0.15, 0.2) is 0 Å². The number of carboxylic acids is 1. The largest absolute Gasteiger partial charge is 0.480 e. The van der Waals surface area contributed by atoms with Crippen LogP contribution in [0.25, 0.3) is 0 Å². The summed E-state index contributed by atoms with van der Waals surface area (Å²) in [4.78, 5) is 12.2. The molecular formula is C9H14F3NO2. The van der Waals surface area contributed by atoms with E-state index in [9.17, 15) is 18.0 Å². The van der Waals surface area contributed by atoms with Crippen molar-refractivity contribution in [2.24, 2.45) is 5.92 Å². The number of aliphatic carboxylic acids is 1. The van der Waals surface area contributed by atoms with Crippen molar-refractivity contribution in [2.75, 3.05) is 13.1 Å². The maximum atomic E-state index is 12.3. The number of hydrogen-bond acceptors (Lipinski definition) is 2. The first-order chi connectivity index (χ1) is 6.82. The van der Waals surface area contributed by atoms with Crippen LogP contribution >= 0.6 is 0 Å². The highest BCUT2D eigenvalue weighted by atomic mass is 19.4. The van der Waals surface area contributed by atoms with Gasteiger partial charge in [-0.25, -0.2) is 0 Å². The minimum absolute atomic E-state index is 0.00111. The van der Waals surface area contributed by atoms with Crippen molar-refractivity contribution < 1.29 is 23.1 Å². The van der Waals surface area contributed by atoms with Gasteiger partial charge in [-0.3, -0.25) is 9.69 Å². The van der Waals surface area contributed by atoms with Crippen molar-refractivity contribution in [3.8, 4) is 0 Å². The van der Waals surface area contributed by atoms with E-state index in [0.717, 1.165) is 0 Å². The maximum absolute atomic E-state index is 12.3. The van der Waals surface area contributed by atoms with E-state index in [1.54, 1.807) is 4.90 Å². The molecule has 1 heterocycles. The normalized spacial score (nSPS) is 22.7. The lowest BCUT2D eigenvalue weighted by Crippen LogP contribution is -2.46. The molecule has 1 fully saturated rings. The molecule has 1 saturated heterocycles. The van der Waals surface area contributed by atoms with Crippen LogP contribution in [-0.4, -0.2) is 41.3 Å². The van der Waals surface area contributed by atoms with E-state index >= 15 is 0 Å². The summed E-state index contributed by atoms with van der Waals surface area (Å²) in [5.41, 5.74) is 0. The number of halogens is 3. The molecule has 0 aromatic rings. The van der Waals surface area contributed by atoms with Crippen molar-refractivity contribution in [2.45, 2.75) is 32.0 Å². The third-order valence-corrected chi connectivity index (χ3v) is 2.90. The summed E-state index contributed by atoms with van der Waals surface area (Å²) in [5.74, 6) is -2.25. The van der Waals surface area contributed by atoms with Crippen LogP contribution in [0.3, 0.4) is 0 Å². The number of nitrogens with zero attached hydrogens (tertiary/aromatic N) is 1. The number of hydrogen-bond donors (Lipinski definition) is 1. The van der Waals surface area contributed by atoms with Gasteiger partial charge in [0, 0.05) is 0 Å². The predicted octanol–water partition coefficient (Wildman–Crippen LogP) is 1.73. The first-order valence-electron chi connectivity index (χ1n) is 4.86. The van der Waals surface area contributed by atoms with E-state index in [1.807, 2.05) is 0 Å². The van der Waals surface area contributed by atoms with E-state index < -0.39 is 24.1 Å². The fraction of sp³-hybridized carbons (Fsp3) is 0.889. The SMILES string of the molecule is C[C@@H](C(=O)O)N1CCC(C(F)(F)F)CC1. The highest BCUT2D eigenvalue weighted by Crippen LogP contribution is 2.34. The van der Waals surface area contributed by atoms with Crippen molar-refractivity contribution in [1.82, 2.24) is 4.90 Å². The Labute approximate surface area is 85.9 Å². The van der Waals surface area contributed by atoms with Gasteiger partial charge in [0.1, 0.15) is 6.04 Å². The molecule has 15 heavy (non-hydrogen) atoms. The lowest BCUT2D eigenvalue weighted by molar-refractivity contribution is -0.186. The lowest BCUT2D eigenvalue weighted by atomic mass is 9.95. The van der Waals surface area contributed by atoms with Gasteiger partial charge in [0.2, 0.25) is 0 Å². The van der Waals surface area contributed by atoms with Gasteiger partial charge in [0.15, 0.2) is 0 Å². The van der Waals surface area contributed by atoms with Gasteiger partial charge in [0.25, 0.3) is 0 Å². The third kappa shape index (κ3) is 3.09. The molecule has 1 rings (SSSR count). The molecule has 1 aliphatic rings. The summed E-state index contributed by atoms with van der Waals surface area (Å²) in [6.45, 7) is 1.91. The molecule has 88 valence electrons. The molecule has 0 amide bonds. The molecule has 0 radical (unpaired) electrons. The Bertz CT molecular complexity index is 234. The molecule has 0 aromatic heterocycles. The zero-order valence-corrected chi connectivity index (χ0v) is 8.42. The molecule has 0 bridgehead atoms. The van der Waals surface area contributed by atoms with Crippen LogP contribution in [0.1, 0.15) is 19.8 Å². The molecular weight excluding hydrogens is 211 g/mol. The Hall–Kier alpha value is -0.780.